The van der Waals surface area contributed by atoms with Crippen LogP contribution in [0, 0.1) is 0 Å². The van der Waals surface area contributed by atoms with E-state index < -0.39 is 0 Å². The van der Waals surface area contributed by atoms with E-state index >= 15 is 0 Å². The zero-order valence-electron chi connectivity index (χ0n) is 14.0. The van der Waals surface area contributed by atoms with E-state index in [-0.39, 0.29) is 6.03 Å². The molecule has 0 spiro atoms. The summed E-state index contributed by atoms with van der Waals surface area (Å²) in [6.07, 6.45) is 0.858. The molecule has 1 N–H and O–H groups in total. The Bertz CT molecular complexity index is 730. The van der Waals surface area contributed by atoms with Gasteiger partial charge in [-0.2, -0.15) is 0 Å². The molecule has 0 atom stereocenters. The summed E-state index contributed by atoms with van der Waals surface area (Å²) in [6, 6.07) is 13.7. The number of benzene rings is 2. The predicted octanol–water partition coefficient (Wildman–Crippen LogP) is 3.43. The molecule has 5 nitrogen and oxygen atoms in total. The monoisotopic (exact) mass is 326 g/mol. The maximum atomic E-state index is 12.6. The second kappa shape index (κ2) is 7.36. The number of hydrogen-bond donors (Lipinski definition) is 1. The van der Waals surface area contributed by atoms with Gasteiger partial charge in [0, 0.05) is 25.9 Å². The molecular weight excluding hydrogens is 304 g/mol. The third-order valence-corrected chi connectivity index (χ3v) is 4.20. The number of fused-ring (bicyclic) bond motifs is 1. The average Bonchev–Trinajstić information content (AvgIpc) is 2.61. The SMILES string of the molecule is COCc1cccc(NC(=O)N2CCc3ccc(OC)cc3C2)c1. The van der Waals surface area contributed by atoms with E-state index in [9.17, 15) is 4.79 Å². The van der Waals surface area contributed by atoms with Crippen molar-refractivity contribution < 1.29 is 14.3 Å². The van der Waals surface area contributed by atoms with Crippen molar-refractivity contribution in [1.82, 2.24) is 4.90 Å². The van der Waals surface area contributed by atoms with Crippen molar-refractivity contribution in [2.75, 3.05) is 26.1 Å². The first-order valence-corrected chi connectivity index (χ1v) is 7.99. The van der Waals surface area contributed by atoms with Gasteiger partial charge in [-0.1, -0.05) is 18.2 Å². The molecule has 0 saturated heterocycles. The first kappa shape index (κ1) is 16.3. The van der Waals surface area contributed by atoms with E-state index in [0.717, 1.165) is 29.0 Å². The molecule has 2 aromatic rings. The summed E-state index contributed by atoms with van der Waals surface area (Å²) >= 11 is 0. The smallest absolute Gasteiger partial charge is 0.322 e. The van der Waals surface area contributed by atoms with Crippen LogP contribution >= 0.6 is 0 Å². The van der Waals surface area contributed by atoms with Crippen LogP contribution in [0.1, 0.15) is 16.7 Å². The van der Waals surface area contributed by atoms with Crippen molar-refractivity contribution in [2.24, 2.45) is 0 Å². The normalized spacial score (nSPS) is 13.3. The van der Waals surface area contributed by atoms with Crippen LogP contribution in [0.4, 0.5) is 10.5 Å². The Labute approximate surface area is 142 Å². The summed E-state index contributed by atoms with van der Waals surface area (Å²) in [5, 5.41) is 2.97. The second-order valence-corrected chi connectivity index (χ2v) is 5.87. The lowest BCUT2D eigenvalue weighted by Crippen LogP contribution is -2.38. The van der Waals surface area contributed by atoms with Gasteiger partial charge in [0.25, 0.3) is 0 Å². The average molecular weight is 326 g/mol. The largest absolute Gasteiger partial charge is 0.497 e. The first-order chi connectivity index (χ1) is 11.7. The van der Waals surface area contributed by atoms with Gasteiger partial charge in [-0.05, 0) is 47.4 Å². The van der Waals surface area contributed by atoms with Crippen LogP contribution in [-0.2, 0) is 24.3 Å². The molecule has 3 rings (SSSR count). The highest BCUT2D eigenvalue weighted by Gasteiger charge is 2.21. The van der Waals surface area contributed by atoms with Gasteiger partial charge in [0.05, 0.1) is 13.7 Å². The van der Waals surface area contributed by atoms with Crippen molar-refractivity contribution >= 4 is 11.7 Å². The van der Waals surface area contributed by atoms with Gasteiger partial charge in [0.15, 0.2) is 0 Å². The van der Waals surface area contributed by atoms with Crippen molar-refractivity contribution in [1.29, 1.82) is 0 Å². The Hall–Kier alpha value is -2.53. The third-order valence-electron chi connectivity index (χ3n) is 4.20. The maximum absolute atomic E-state index is 12.6. The lowest BCUT2D eigenvalue weighted by Gasteiger charge is -2.29. The van der Waals surface area contributed by atoms with Crippen LogP contribution in [-0.4, -0.2) is 31.7 Å². The van der Waals surface area contributed by atoms with Gasteiger partial charge in [-0.15, -0.1) is 0 Å². The van der Waals surface area contributed by atoms with Gasteiger partial charge in [-0.25, -0.2) is 4.79 Å². The number of rotatable bonds is 4. The fourth-order valence-electron chi connectivity index (χ4n) is 2.94. The van der Waals surface area contributed by atoms with Crippen LogP contribution in [0.2, 0.25) is 0 Å². The van der Waals surface area contributed by atoms with E-state index in [1.165, 1.54) is 5.56 Å². The highest BCUT2D eigenvalue weighted by Crippen LogP contribution is 2.24. The quantitative estimate of drug-likeness (QED) is 0.936. The molecule has 1 aliphatic rings. The van der Waals surface area contributed by atoms with Gasteiger partial charge in [0.2, 0.25) is 0 Å². The summed E-state index contributed by atoms with van der Waals surface area (Å²) in [6.45, 7) is 1.83. The number of carbonyl (C=O) groups is 1. The van der Waals surface area contributed by atoms with Crippen LogP contribution in [0.5, 0.6) is 5.75 Å². The number of nitrogens with one attached hydrogen (secondary N) is 1. The fraction of sp³-hybridized carbons (Fsp3) is 0.316. The number of nitrogens with zero attached hydrogens (tertiary/aromatic N) is 1. The molecule has 24 heavy (non-hydrogen) atoms. The number of methoxy groups -OCH3 is 2. The first-order valence-electron chi connectivity index (χ1n) is 7.99. The minimum Gasteiger partial charge on any atom is -0.497 e. The molecule has 5 heteroatoms. The molecule has 0 bridgehead atoms. The van der Waals surface area contributed by atoms with E-state index in [0.29, 0.717) is 19.7 Å². The molecular formula is C19H22N2O3. The lowest BCUT2D eigenvalue weighted by atomic mass is 10.00. The molecule has 1 heterocycles. The Morgan fingerprint density at radius 3 is 2.83 bits per heavy atom. The Morgan fingerprint density at radius 1 is 1.17 bits per heavy atom. The molecule has 0 aromatic heterocycles. The number of anilines is 1. The lowest BCUT2D eigenvalue weighted by molar-refractivity contribution is 0.185. The molecule has 1 aliphatic heterocycles. The standard InChI is InChI=1S/C19H22N2O3/c1-23-13-14-4-3-5-17(10-14)20-19(22)21-9-8-15-6-7-18(24-2)11-16(15)12-21/h3-7,10-11H,8-9,12-13H2,1-2H3,(H,20,22). The molecule has 0 radical (unpaired) electrons. The third kappa shape index (κ3) is 3.68. The van der Waals surface area contributed by atoms with Gasteiger partial charge in [0.1, 0.15) is 5.75 Å². The summed E-state index contributed by atoms with van der Waals surface area (Å²) < 4.78 is 10.4. The van der Waals surface area contributed by atoms with Gasteiger partial charge < -0.3 is 19.7 Å². The molecule has 126 valence electrons. The van der Waals surface area contributed by atoms with Crippen molar-refractivity contribution in [2.45, 2.75) is 19.6 Å². The summed E-state index contributed by atoms with van der Waals surface area (Å²) in [4.78, 5) is 14.4. The van der Waals surface area contributed by atoms with E-state index in [4.69, 9.17) is 9.47 Å². The molecule has 2 amide bonds. The Kier molecular flexibility index (Phi) is 5.01. The number of carbonyl (C=O) groups excluding carboxylic acids is 1. The Balaban J connectivity index is 1.68. The fourth-order valence-corrected chi connectivity index (χ4v) is 2.94. The zero-order valence-corrected chi connectivity index (χ0v) is 14.0. The predicted molar refractivity (Wildman–Crippen MR) is 93.3 cm³/mol. The summed E-state index contributed by atoms with van der Waals surface area (Å²) in [5.41, 5.74) is 4.24. The highest BCUT2D eigenvalue weighted by atomic mass is 16.5. The van der Waals surface area contributed by atoms with Crippen molar-refractivity contribution in [3.8, 4) is 5.75 Å². The number of amides is 2. The van der Waals surface area contributed by atoms with Crippen LogP contribution in [0.25, 0.3) is 0 Å². The molecule has 2 aromatic carbocycles. The number of hydrogen-bond acceptors (Lipinski definition) is 3. The summed E-state index contributed by atoms with van der Waals surface area (Å²) in [7, 11) is 3.31. The van der Waals surface area contributed by atoms with Crippen molar-refractivity contribution in [3.63, 3.8) is 0 Å². The second-order valence-electron chi connectivity index (χ2n) is 5.87. The molecule has 0 saturated carbocycles. The molecule has 0 unspecified atom stereocenters. The van der Waals surface area contributed by atoms with Crippen LogP contribution in [0.15, 0.2) is 42.5 Å². The van der Waals surface area contributed by atoms with Crippen LogP contribution in [0.3, 0.4) is 0 Å². The summed E-state index contributed by atoms with van der Waals surface area (Å²) in [5.74, 6) is 0.822. The van der Waals surface area contributed by atoms with Crippen molar-refractivity contribution in [3.05, 3.63) is 59.2 Å². The maximum Gasteiger partial charge on any atom is 0.322 e. The minimum atomic E-state index is -0.0852. The van der Waals surface area contributed by atoms with E-state index in [1.54, 1.807) is 14.2 Å². The number of urea groups is 1. The Morgan fingerprint density at radius 2 is 2.04 bits per heavy atom. The minimum absolute atomic E-state index is 0.0852. The zero-order chi connectivity index (χ0) is 16.9. The van der Waals surface area contributed by atoms with Gasteiger partial charge >= 0.3 is 6.03 Å². The number of ether oxygens (including phenoxy) is 2. The topological polar surface area (TPSA) is 50.8 Å². The van der Waals surface area contributed by atoms with E-state index in [1.807, 2.05) is 41.3 Å². The molecule has 0 aliphatic carbocycles. The van der Waals surface area contributed by atoms with Gasteiger partial charge in [-0.3, -0.25) is 0 Å². The van der Waals surface area contributed by atoms with E-state index in [2.05, 4.69) is 11.4 Å². The highest BCUT2D eigenvalue weighted by molar-refractivity contribution is 5.89. The molecule has 0 fully saturated rings. The van der Waals surface area contributed by atoms with Crippen LogP contribution < -0.4 is 10.1 Å².